The predicted molar refractivity (Wildman–Crippen MR) is 151 cm³/mol. The van der Waals surface area contributed by atoms with Crippen LogP contribution in [0.25, 0.3) is 10.6 Å². The van der Waals surface area contributed by atoms with Crippen LogP contribution in [0.5, 0.6) is 5.75 Å². The molecular formula is C23H30N5O6PS2. The van der Waals surface area contributed by atoms with E-state index in [0.717, 1.165) is 0 Å². The summed E-state index contributed by atoms with van der Waals surface area (Å²) in [5, 5.41) is 20.7. The lowest BCUT2D eigenvalue weighted by molar-refractivity contribution is 0.341. The third-order valence-electron chi connectivity index (χ3n) is 5.44. The fraction of sp³-hybridized carbons (Fsp3) is 0.348. The van der Waals surface area contributed by atoms with Gasteiger partial charge in [0.05, 0.1) is 28.2 Å². The lowest BCUT2D eigenvalue weighted by atomic mass is 10.1. The highest BCUT2D eigenvalue weighted by Crippen LogP contribution is 2.53. The Morgan fingerprint density at radius 2 is 2.05 bits per heavy atom. The van der Waals surface area contributed by atoms with E-state index in [-0.39, 0.29) is 34.8 Å². The normalized spacial score (nSPS) is 17.8. The quantitative estimate of drug-likeness (QED) is 0.220. The zero-order valence-corrected chi connectivity index (χ0v) is 23.4. The molecule has 14 heteroatoms. The van der Waals surface area contributed by atoms with Crippen molar-refractivity contribution in [3.8, 4) is 16.3 Å². The number of benzene rings is 1. The van der Waals surface area contributed by atoms with Gasteiger partial charge in [-0.1, -0.05) is 19.9 Å². The van der Waals surface area contributed by atoms with Crippen molar-refractivity contribution in [2.24, 2.45) is 10.7 Å². The zero-order chi connectivity index (χ0) is 27.0. The monoisotopic (exact) mass is 567 g/mol. The Morgan fingerprint density at radius 3 is 2.68 bits per heavy atom. The Kier molecular flexibility index (Phi) is 7.84. The zero-order valence-electron chi connectivity index (χ0n) is 20.8. The maximum absolute atomic E-state index is 14.0. The van der Waals surface area contributed by atoms with Crippen LogP contribution in [0.15, 0.2) is 45.3 Å². The topological polar surface area (TPSA) is 158 Å². The minimum absolute atomic E-state index is 0.0650. The van der Waals surface area contributed by atoms with E-state index < -0.39 is 23.9 Å². The van der Waals surface area contributed by atoms with E-state index in [0.29, 0.717) is 35.1 Å². The summed E-state index contributed by atoms with van der Waals surface area (Å²) >= 11 is 1.36. The number of nitrogens with one attached hydrogen (secondary N) is 2. The first kappa shape index (κ1) is 27.4. The van der Waals surface area contributed by atoms with Crippen molar-refractivity contribution in [2.75, 3.05) is 22.9 Å². The molecule has 11 nitrogen and oxygen atoms in total. The summed E-state index contributed by atoms with van der Waals surface area (Å²) < 4.78 is 47.4. The molecule has 0 amide bonds. The summed E-state index contributed by atoms with van der Waals surface area (Å²) in [6, 6.07) is 8.20. The summed E-state index contributed by atoms with van der Waals surface area (Å²) in [6.45, 7) is 6.13. The van der Waals surface area contributed by atoms with Gasteiger partial charge in [0.1, 0.15) is 11.3 Å². The van der Waals surface area contributed by atoms with Crippen molar-refractivity contribution >= 4 is 52.1 Å². The Hall–Kier alpha value is -2.67. The lowest BCUT2D eigenvalue weighted by Gasteiger charge is -2.30. The van der Waals surface area contributed by atoms with Gasteiger partial charge in [-0.15, -0.1) is 22.1 Å². The standard InChI is InChI=1S/C23H30N5O6PS2/c1-5-34-35(31)17-13-15(27-37(4,32)33)8-9-16(17)24-22(26-35)19-21(29)20(18-7-6-12-36-18)25-28(23(19)30)11-10-14(2)3/h6-9,12-14,27,29,32-33H,5,10-11H2,1-4H3,(H,24,26,31). The molecule has 0 fully saturated rings. The maximum atomic E-state index is 14.0. The van der Waals surface area contributed by atoms with Gasteiger partial charge in [0.25, 0.3) is 5.56 Å². The van der Waals surface area contributed by atoms with Crippen LogP contribution < -0.4 is 20.9 Å². The minimum atomic E-state index is -3.92. The number of hydrogen-bond donors (Lipinski definition) is 5. The van der Waals surface area contributed by atoms with Crippen molar-refractivity contribution < 1.29 is 23.3 Å². The summed E-state index contributed by atoms with van der Waals surface area (Å²) in [4.78, 5) is 14.2. The maximum Gasteiger partial charge on any atom is 0.348 e. The van der Waals surface area contributed by atoms with E-state index in [4.69, 9.17) is 4.52 Å². The van der Waals surface area contributed by atoms with E-state index in [1.54, 1.807) is 25.1 Å². The van der Waals surface area contributed by atoms with Gasteiger partial charge in [-0.25, -0.2) is 4.68 Å². The number of hydrogen-bond acceptors (Lipinski definition) is 10. The first-order chi connectivity index (χ1) is 17.4. The SMILES string of the molecule is CCOP1(=O)N=C(c2c(O)c(-c3cccs3)nn(CCC(C)C)c2=O)Nc2ccc(NS(C)(O)O)cc21. The van der Waals surface area contributed by atoms with E-state index >= 15 is 0 Å². The largest absolute Gasteiger partial charge is 0.505 e. The van der Waals surface area contributed by atoms with Crippen molar-refractivity contribution in [1.29, 1.82) is 0 Å². The molecule has 0 radical (unpaired) electrons. The van der Waals surface area contributed by atoms with Crippen LogP contribution in [-0.2, 0) is 15.6 Å². The summed E-state index contributed by atoms with van der Waals surface area (Å²) in [5.74, 6) is -0.148. The average Bonchev–Trinajstić information content (AvgIpc) is 3.33. The third-order valence-corrected chi connectivity index (χ3v) is 8.99. The predicted octanol–water partition coefficient (Wildman–Crippen LogP) is 5.16. The molecule has 0 aliphatic carbocycles. The molecule has 37 heavy (non-hydrogen) atoms. The molecule has 200 valence electrons. The number of aromatic nitrogens is 2. The van der Waals surface area contributed by atoms with Gasteiger partial charge >= 0.3 is 7.52 Å². The van der Waals surface area contributed by atoms with Crippen LogP contribution in [0, 0.1) is 5.92 Å². The molecule has 1 aliphatic heterocycles. The van der Waals surface area contributed by atoms with Gasteiger partial charge < -0.3 is 14.9 Å². The molecule has 4 rings (SSSR count). The molecule has 0 saturated carbocycles. The van der Waals surface area contributed by atoms with Crippen LogP contribution in [0.2, 0.25) is 0 Å². The van der Waals surface area contributed by atoms with E-state index in [2.05, 4.69) is 19.9 Å². The molecule has 1 atom stereocenters. The molecule has 1 unspecified atom stereocenters. The molecule has 2 aromatic heterocycles. The lowest BCUT2D eigenvalue weighted by Crippen LogP contribution is -2.35. The Bertz CT molecular complexity index is 1430. The van der Waals surface area contributed by atoms with Crippen molar-refractivity contribution in [3.05, 3.63) is 51.6 Å². The van der Waals surface area contributed by atoms with Gasteiger partial charge in [-0.2, -0.15) is 9.86 Å². The molecule has 0 spiro atoms. The number of aryl methyl sites for hydroxylation is 1. The van der Waals surface area contributed by atoms with Crippen molar-refractivity contribution in [1.82, 2.24) is 9.78 Å². The second-order valence-electron chi connectivity index (χ2n) is 8.94. The number of aromatic hydroxyl groups is 1. The van der Waals surface area contributed by atoms with Gasteiger partial charge in [-0.05, 0) is 48.9 Å². The molecule has 3 aromatic rings. The average molecular weight is 568 g/mol. The Labute approximate surface area is 220 Å². The van der Waals surface area contributed by atoms with Crippen LogP contribution >= 0.6 is 29.6 Å². The number of anilines is 2. The van der Waals surface area contributed by atoms with Gasteiger partial charge in [0.15, 0.2) is 11.6 Å². The highest BCUT2D eigenvalue weighted by Gasteiger charge is 2.36. The van der Waals surface area contributed by atoms with Crippen molar-refractivity contribution in [3.63, 3.8) is 0 Å². The molecule has 1 aliphatic rings. The minimum Gasteiger partial charge on any atom is -0.505 e. The molecule has 0 bridgehead atoms. The summed E-state index contributed by atoms with van der Waals surface area (Å²) in [7, 11) is -7.00. The first-order valence-corrected chi connectivity index (χ1v) is 16.0. The fourth-order valence-corrected chi connectivity index (χ4v) is 6.86. The van der Waals surface area contributed by atoms with Gasteiger partial charge in [0, 0.05) is 12.8 Å². The second-order valence-corrected chi connectivity index (χ2v) is 13.7. The summed E-state index contributed by atoms with van der Waals surface area (Å²) in [5.41, 5.74) is 0.154. The van der Waals surface area contributed by atoms with Gasteiger partial charge in [0.2, 0.25) is 0 Å². The highest BCUT2D eigenvalue weighted by molar-refractivity contribution is 8.24. The van der Waals surface area contributed by atoms with E-state index in [1.807, 2.05) is 25.3 Å². The molecular weight excluding hydrogens is 537 g/mol. The third kappa shape index (κ3) is 5.92. The highest BCUT2D eigenvalue weighted by atomic mass is 32.3. The second kappa shape index (κ2) is 10.6. The number of nitrogens with zero attached hydrogens (tertiary/aromatic N) is 3. The Balaban J connectivity index is 1.89. The number of amidine groups is 1. The van der Waals surface area contributed by atoms with Crippen LogP contribution in [-0.4, -0.2) is 42.7 Å². The van der Waals surface area contributed by atoms with Crippen LogP contribution in [0.4, 0.5) is 11.4 Å². The van der Waals surface area contributed by atoms with Crippen molar-refractivity contribution in [2.45, 2.75) is 33.7 Å². The molecule has 5 N–H and O–H groups in total. The Morgan fingerprint density at radius 1 is 1.30 bits per heavy atom. The fourth-order valence-electron chi connectivity index (χ4n) is 3.77. The number of fused-ring (bicyclic) bond motifs is 1. The molecule has 0 saturated heterocycles. The first-order valence-electron chi connectivity index (χ1n) is 11.6. The number of rotatable bonds is 9. The summed E-state index contributed by atoms with van der Waals surface area (Å²) in [6.07, 6.45) is 1.92. The van der Waals surface area contributed by atoms with Crippen LogP contribution in [0.3, 0.4) is 0 Å². The smallest absolute Gasteiger partial charge is 0.348 e. The van der Waals surface area contributed by atoms with Gasteiger partial charge in [-0.3, -0.25) is 23.2 Å². The van der Waals surface area contributed by atoms with E-state index in [1.165, 1.54) is 28.3 Å². The molecule has 3 heterocycles. The molecule has 1 aromatic carbocycles. The van der Waals surface area contributed by atoms with Crippen LogP contribution in [0.1, 0.15) is 32.8 Å². The number of thiophene rings is 1. The van der Waals surface area contributed by atoms with E-state index in [9.17, 15) is 23.6 Å².